The highest BCUT2D eigenvalue weighted by molar-refractivity contribution is 7.86. The van der Waals surface area contributed by atoms with Gasteiger partial charge in [0.15, 0.2) is 0 Å². The van der Waals surface area contributed by atoms with E-state index in [4.69, 9.17) is 11.6 Å². The Morgan fingerprint density at radius 1 is 1.45 bits per heavy atom. The maximum atomic E-state index is 12.5. The second-order valence-electron chi connectivity index (χ2n) is 5.50. The summed E-state index contributed by atoms with van der Waals surface area (Å²) in [6.07, 6.45) is 2.04. The lowest BCUT2D eigenvalue weighted by Crippen LogP contribution is -2.45. The van der Waals surface area contributed by atoms with Crippen molar-refractivity contribution in [2.24, 2.45) is 5.92 Å². The summed E-state index contributed by atoms with van der Waals surface area (Å²) in [7, 11) is -1.76. The minimum Gasteiger partial charge on any atom is -0.195 e. The Bertz CT molecular complexity index is 562. The summed E-state index contributed by atoms with van der Waals surface area (Å²) in [6.45, 7) is 3.67. The first-order valence-corrected chi connectivity index (χ1v) is 8.63. The van der Waals surface area contributed by atoms with Gasteiger partial charge in [-0.3, -0.25) is 0 Å². The SMILES string of the molecule is CC1CCCN(S(=O)(=O)N(C)Cc2cccc(Cl)c2)C1. The molecule has 2 rings (SSSR count). The van der Waals surface area contributed by atoms with Crippen LogP contribution in [0, 0.1) is 5.92 Å². The van der Waals surface area contributed by atoms with Crippen molar-refractivity contribution >= 4 is 21.8 Å². The summed E-state index contributed by atoms with van der Waals surface area (Å²) in [5.74, 6) is 0.429. The van der Waals surface area contributed by atoms with Gasteiger partial charge in [-0.1, -0.05) is 30.7 Å². The standard InChI is InChI=1S/C14H21ClN2O2S/c1-12-5-4-8-17(10-12)20(18,19)16(2)11-13-6-3-7-14(15)9-13/h3,6-7,9,12H,4-5,8,10-11H2,1-2H3. The molecule has 0 bridgehead atoms. The lowest BCUT2D eigenvalue weighted by molar-refractivity contribution is 0.263. The van der Waals surface area contributed by atoms with Gasteiger partial charge in [-0.2, -0.15) is 17.0 Å². The van der Waals surface area contributed by atoms with Crippen LogP contribution in [0.2, 0.25) is 5.02 Å². The fraction of sp³-hybridized carbons (Fsp3) is 0.571. The lowest BCUT2D eigenvalue weighted by atomic mass is 10.0. The third kappa shape index (κ3) is 3.73. The molecule has 0 aliphatic carbocycles. The molecule has 1 saturated heterocycles. The molecule has 0 N–H and O–H groups in total. The molecule has 1 fully saturated rings. The summed E-state index contributed by atoms with van der Waals surface area (Å²) in [5.41, 5.74) is 0.897. The average molecular weight is 317 g/mol. The Labute approximate surface area is 126 Å². The van der Waals surface area contributed by atoms with E-state index >= 15 is 0 Å². The van der Waals surface area contributed by atoms with E-state index in [9.17, 15) is 8.42 Å². The van der Waals surface area contributed by atoms with E-state index in [1.54, 1.807) is 23.5 Å². The normalized spacial score (nSPS) is 21.3. The minimum atomic E-state index is -3.38. The Morgan fingerprint density at radius 3 is 2.85 bits per heavy atom. The Hall–Kier alpha value is -0.620. The van der Waals surface area contributed by atoms with Crippen LogP contribution in [-0.2, 0) is 16.8 Å². The maximum absolute atomic E-state index is 12.5. The van der Waals surface area contributed by atoms with Crippen molar-refractivity contribution < 1.29 is 8.42 Å². The molecule has 0 radical (unpaired) electrons. The third-order valence-corrected chi connectivity index (χ3v) is 5.77. The molecule has 1 aromatic carbocycles. The van der Waals surface area contributed by atoms with Crippen molar-refractivity contribution in [1.82, 2.24) is 8.61 Å². The fourth-order valence-corrected chi connectivity index (χ4v) is 4.25. The molecule has 6 heteroatoms. The molecule has 1 aromatic rings. The van der Waals surface area contributed by atoms with Gasteiger partial charge in [0.1, 0.15) is 0 Å². The highest BCUT2D eigenvalue weighted by Crippen LogP contribution is 2.21. The first kappa shape index (κ1) is 15.8. The van der Waals surface area contributed by atoms with E-state index in [1.807, 2.05) is 12.1 Å². The molecule has 1 atom stereocenters. The van der Waals surface area contributed by atoms with Crippen LogP contribution in [0.5, 0.6) is 0 Å². The van der Waals surface area contributed by atoms with E-state index in [0.29, 0.717) is 30.6 Å². The van der Waals surface area contributed by atoms with Gasteiger partial charge in [-0.05, 0) is 36.5 Å². The lowest BCUT2D eigenvalue weighted by Gasteiger charge is -2.33. The number of rotatable bonds is 4. The summed E-state index contributed by atoms with van der Waals surface area (Å²) in [5, 5.41) is 0.625. The highest BCUT2D eigenvalue weighted by Gasteiger charge is 2.30. The molecule has 1 unspecified atom stereocenters. The Morgan fingerprint density at radius 2 is 2.20 bits per heavy atom. The van der Waals surface area contributed by atoms with Gasteiger partial charge >= 0.3 is 0 Å². The second kappa shape index (κ2) is 6.43. The predicted molar refractivity (Wildman–Crippen MR) is 81.8 cm³/mol. The van der Waals surface area contributed by atoms with E-state index in [-0.39, 0.29) is 0 Å². The average Bonchev–Trinajstić information content (AvgIpc) is 2.38. The first-order valence-electron chi connectivity index (χ1n) is 6.85. The van der Waals surface area contributed by atoms with Gasteiger partial charge in [0.05, 0.1) is 0 Å². The number of piperidine rings is 1. The number of nitrogens with zero attached hydrogens (tertiary/aromatic N) is 2. The van der Waals surface area contributed by atoms with Crippen molar-refractivity contribution in [1.29, 1.82) is 0 Å². The summed E-state index contributed by atoms with van der Waals surface area (Å²) in [4.78, 5) is 0. The zero-order chi connectivity index (χ0) is 14.8. The Balaban J connectivity index is 2.09. The van der Waals surface area contributed by atoms with E-state index < -0.39 is 10.2 Å². The van der Waals surface area contributed by atoms with Crippen molar-refractivity contribution in [2.45, 2.75) is 26.3 Å². The molecule has 20 heavy (non-hydrogen) atoms. The summed E-state index contributed by atoms with van der Waals surface area (Å²) < 4.78 is 28.1. The van der Waals surface area contributed by atoms with Gasteiger partial charge in [-0.15, -0.1) is 0 Å². The molecule has 0 aromatic heterocycles. The largest absolute Gasteiger partial charge is 0.282 e. The molecule has 112 valence electrons. The summed E-state index contributed by atoms with van der Waals surface area (Å²) >= 11 is 5.93. The van der Waals surface area contributed by atoms with Crippen LogP contribution >= 0.6 is 11.6 Å². The van der Waals surface area contributed by atoms with Crippen molar-refractivity contribution in [2.75, 3.05) is 20.1 Å². The molecule has 0 saturated carbocycles. The van der Waals surface area contributed by atoms with Crippen LogP contribution in [0.1, 0.15) is 25.3 Å². The van der Waals surface area contributed by atoms with E-state index in [0.717, 1.165) is 18.4 Å². The van der Waals surface area contributed by atoms with Crippen LogP contribution in [0.15, 0.2) is 24.3 Å². The van der Waals surface area contributed by atoms with Crippen molar-refractivity contribution in [3.63, 3.8) is 0 Å². The number of hydrogen-bond donors (Lipinski definition) is 0. The molecule has 1 aliphatic heterocycles. The van der Waals surface area contributed by atoms with Crippen LogP contribution in [0.3, 0.4) is 0 Å². The molecular formula is C14H21ClN2O2S. The van der Waals surface area contributed by atoms with Crippen molar-refractivity contribution in [3.05, 3.63) is 34.9 Å². The van der Waals surface area contributed by atoms with Crippen LogP contribution in [0.25, 0.3) is 0 Å². The minimum absolute atomic E-state index is 0.341. The number of hydrogen-bond acceptors (Lipinski definition) is 2. The van der Waals surface area contributed by atoms with Crippen LogP contribution in [-0.4, -0.2) is 37.2 Å². The maximum Gasteiger partial charge on any atom is 0.282 e. The van der Waals surface area contributed by atoms with Gasteiger partial charge in [0.2, 0.25) is 0 Å². The second-order valence-corrected chi connectivity index (χ2v) is 7.97. The fourth-order valence-electron chi connectivity index (χ4n) is 2.53. The molecule has 1 heterocycles. The van der Waals surface area contributed by atoms with Gasteiger partial charge in [0, 0.05) is 31.7 Å². The van der Waals surface area contributed by atoms with Crippen LogP contribution < -0.4 is 0 Å². The quantitative estimate of drug-likeness (QED) is 0.857. The first-order chi connectivity index (χ1) is 9.39. The molecule has 0 amide bonds. The van der Waals surface area contributed by atoms with E-state index in [2.05, 4.69) is 6.92 Å². The molecule has 4 nitrogen and oxygen atoms in total. The third-order valence-electron chi connectivity index (χ3n) is 3.63. The molecular weight excluding hydrogens is 296 g/mol. The van der Waals surface area contributed by atoms with Gasteiger partial charge < -0.3 is 0 Å². The van der Waals surface area contributed by atoms with Gasteiger partial charge in [-0.25, -0.2) is 0 Å². The number of benzene rings is 1. The Kier molecular flexibility index (Phi) is 5.07. The number of halogens is 1. The zero-order valence-corrected chi connectivity index (χ0v) is 13.5. The highest BCUT2D eigenvalue weighted by atomic mass is 35.5. The monoisotopic (exact) mass is 316 g/mol. The van der Waals surface area contributed by atoms with Gasteiger partial charge in [0.25, 0.3) is 10.2 Å². The zero-order valence-electron chi connectivity index (χ0n) is 11.9. The molecule has 1 aliphatic rings. The van der Waals surface area contributed by atoms with Crippen molar-refractivity contribution in [3.8, 4) is 0 Å². The predicted octanol–water partition coefficient (Wildman–Crippen LogP) is 2.75. The van der Waals surface area contributed by atoms with E-state index in [1.165, 1.54) is 4.31 Å². The summed E-state index contributed by atoms with van der Waals surface area (Å²) in [6, 6.07) is 7.30. The van der Waals surface area contributed by atoms with Crippen LogP contribution in [0.4, 0.5) is 0 Å². The topological polar surface area (TPSA) is 40.6 Å². The smallest absolute Gasteiger partial charge is 0.195 e. The molecule has 0 spiro atoms.